The van der Waals surface area contributed by atoms with E-state index in [0.717, 1.165) is 13.2 Å². The van der Waals surface area contributed by atoms with Gasteiger partial charge in [0.25, 0.3) is 0 Å². The van der Waals surface area contributed by atoms with Crippen LogP contribution in [0.2, 0.25) is 0 Å². The summed E-state index contributed by atoms with van der Waals surface area (Å²) in [5.74, 6) is 0. The van der Waals surface area contributed by atoms with E-state index in [1.165, 1.54) is 51.5 Å². The molecule has 0 atom stereocenters. The SMILES string of the molecule is CCNCCCCCOC1CCCC1. The van der Waals surface area contributed by atoms with Gasteiger partial charge >= 0.3 is 0 Å². The summed E-state index contributed by atoms with van der Waals surface area (Å²) in [6.07, 6.45) is 9.80. The molecule has 0 saturated heterocycles. The van der Waals surface area contributed by atoms with E-state index in [4.69, 9.17) is 4.74 Å². The lowest BCUT2D eigenvalue weighted by Gasteiger charge is -2.10. The molecule has 1 aliphatic rings. The Morgan fingerprint density at radius 2 is 1.93 bits per heavy atom. The van der Waals surface area contributed by atoms with Crippen molar-refractivity contribution in [1.29, 1.82) is 0 Å². The van der Waals surface area contributed by atoms with Crippen LogP contribution < -0.4 is 5.32 Å². The van der Waals surface area contributed by atoms with E-state index in [-0.39, 0.29) is 0 Å². The molecule has 0 radical (unpaired) electrons. The molecule has 0 aromatic rings. The molecule has 0 heterocycles. The molecule has 14 heavy (non-hydrogen) atoms. The number of hydrogen-bond acceptors (Lipinski definition) is 2. The molecule has 1 N–H and O–H groups in total. The Morgan fingerprint density at radius 1 is 1.14 bits per heavy atom. The maximum atomic E-state index is 5.79. The second-order valence-corrected chi connectivity index (χ2v) is 4.19. The average molecular weight is 199 g/mol. The van der Waals surface area contributed by atoms with Gasteiger partial charge in [-0.1, -0.05) is 19.8 Å². The molecule has 0 unspecified atom stereocenters. The molecule has 0 amide bonds. The Bertz CT molecular complexity index is 121. The summed E-state index contributed by atoms with van der Waals surface area (Å²) in [4.78, 5) is 0. The standard InChI is InChI=1S/C12H25NO/c1-2-13-10-6-3-7-11-14-12-8-4-5-9-12/h12-13H,2-11H2,1H3. The normalized spacial score (nSPS) is 17.8. The van der Waals surface area contributed by atoms with E-state index in [2.05, 4.69) is 12.2 Å². The van der Waals surface area contributed by atoms with Crippen molar-refractivity contribution in [3.05, 3.63) is 0 Å². The maximum absolute atomic E-state index is 5.79. The summed E-state index contributed by atoms with van der Waals surface area (Å²) in [6.45, 7) is 5.40. The first-order chi connectivity index (χ1) is 6.93. The minimum Gasteiger partial charge on any atom is -0.378 e. The molecular weight excluding hydrogens is 174 g/mol. The first-order valence-corrected chi connectivity index (χ1v) is 6.26. The third-order valence-electron chi connectivity index (χ3n) is 2.90. The van der Waals surface area contributed by atoms with Gasteiger partial charge in [0.05, 0.1) is 6.10 Å². The third-order valence-corrected chi connectivity index (χ3v) is 2.90. The Labute approximate surface area is 88.4 Å². The maximum Gasteiger partial charge on any atom is 0.0575 e. The van der Waals surface area contributed by atoms with Crippen molar-refractivity contribution in [2.75, 3.05) is 19.7 Å². The van der Waals surface area contributed by atoms with Gasteiger partial charge in [0.15, 0.2) is 0 Å². The minimum atomic E-state index is 0.601. The van der Waals surface area contributed by atoms with Gasteiger partial charge in [0.2, 0.25) is 0 Å². The third kappa shape index (κ3) is 5.61. The van der Waals surface area contributed by atoms with Crippen molar-refractivity contribution < 1.29 is 4.74 Å². The Balaban J connectivity index is 1.75. The average Bonchev–Trinajstić information content (AvgIpc) is 2.69. The largest absolute Gasteiger partial charge is 0.378 e. The van der Waals surface area contributed by atoms with Crippen molar-refractivity contribution in [1.82, 2.24) is 5.32 Å². The molecule has 84 valence electrons. The molecule has 1 rings (SSSR count). The summed E-state index contributed by atoms with van der Waals surface area (Å²) in [5.41, 5.74) is 0. The molecule has 0 aromatic carbocycles. The van der Waals surface area contributed by atoms with Crippen LogP contribution in [0.4, 0.5) is 0 Å². The summed E-state index contributed by atoms with van der Waals surface area (Å²) >= 11 is 0. The van der Waals surface area contributed by atoms with Crippen LogP contribution in [0.1, 0.15) is 51.9 Å². The van der Waals surface area contributed by atoms with Gasteiger partial charge in [-0.2, -0.15) is 0 Å². The molecule has 0 spiro atoms. The molecule has 0 bridgehead atoms. The van der Waals surface area contributed by atoms with Crippen LogP contribution in [-0.4, -0.2) is 25.8 Å². The highest BCUT2D eigenvalue weighted by atomic mass is 16.5. The second-order valence-electron chi connectivity index (χ2n) is 4.19. The molecule has 1 fully saturated rings. The number of unbranched alkanes of at least 4 members (excludes halogenated alkanes) is 2. The predicted molar refractivity (Wildman–Crippen MR) is 60.6 cm³/mol. The number of rotatable bonds is 8. The highest BCUT2D eigenvalue weighted by Crippen LogP contribution is 2.20. The molecule has 2 nitrogen and oxygen atoms in total. The van der Waals surface area contributed by atoms with E-state index in [0.29, 0.717) is 6.10 Å². The number of ether oxygens (including phenoxy) is 1. The van der Waals surface area contributed by atoms with Crippen molar-refractivity contribution in [3.8, 4) is 0 Å². The molecule has 0 aromatic heterocycles. The predicted octanol–water partition coefficient (Wildman–Crippen LogP) is 2.73. The lowest BCUT2D eigenvalue weighted by Crippen LogP contribution is -2.14. The fourth-order valence-corrected chi connectivity index (χ4v) is 2.01. The van der Waals surface area contributed by atoms with Crippen LogP contribution in [0.15, 0.2) is 0 Å². The van der Waals surface area contributed by atoms with Crippen LogP contribution in [-0.2, 0) is 4.74 Å². The van der Waals surface area contributed by atoms with Gasteiger partial charge in [-0.3, -0.25) is 0 Å². The smallest absolute Gasteiger partial charge is 0.0575 e. The van der Waals surface area contributed by atoms with Crippen LogP contribution in [0.3, 0.4) is 0 Å². The van der Waals surface area contributed by atoms with Crippen LogP contribution in [0, 0.1) is 0 Å². The zero-order chi connectivity index (χ0) is 10.1. The van der Waals surface area contributed by atoms with Crippen molar-refractivity contribution in [2.24, 2.45) is 0 Å². The first kappa shape index (κ1) is 12.0. The lowest BCUT2D eigenvalue weighted by atomic mass is 10.2. The fraction of sp³-hybridized carbons (Fsp3) is 1.00. The molecular formula is C12H25NO. The zero-order valence-electron chi connectivity index (χ0n) is 9.56. The topological polar surface area (TPSA) is 21.3 Å². The van der Waals surface area contributed by atoms with Gasteiger partial charge in [-0.15, -0.1) is 0 Å². The highest BCUT2D eigenvalue weighted by molar-refractivity contribution is 4.66. The van der Waals surface area contributed by atoms with Crippen LogP contribution in [0.5, 0.6) is 0 Å². The van der Waals surface area contributed by atoms with Gasteiger partial charge in [0, 0.05) is 6.61 Å². The molecule has 2 heteroatoms. The summed E-state index contributed by atoms with van der Waals surface area (Å²) in [6, 6.07) is 0. The summed E-state index contributed by atoms with van der Waals surface area (Å²) in [7, 11) is 0. The van der Waals surface area contributed by atoms with Crippen molar-refractivity contribution >= 4 is 0 Å². The Morgan fingerprint density at radius 3 is 2.64 bits per heavy atom. The first-order valence-electron chi connectivity index (χ1n) is 6.26. The van der Waals surface area contributed by atoms with E-state index >= 15 is 0 Å². The van der Waals surface area contributed by atoms with Gasteiger partial charge < -0.3 is 10.1 Å². The summed E-state index contributed by atoms with van der Waals surface area (Å²) in [5, 5.41) is 3.34. The van der Waals surface area contributed by atoms with Gasteiger partial charge in [-0.25, -0.2) is 0 Å². The van der Waals surface area contributed by atoms with Crippen molar-refractivity contribution in [2.45, 2.75) is 58.0 Å². The Kier molecular flexibility index (Phi) is 7.06. The van der Waals surface area contributed by atoms with Gasteiger partial charge in [-0.05, 0) is 45.2 Å². The van der Waals surface area contributed by atoms with E-state index in [9.17, 15) is 0 Å². The van der Waals surface area contributed by atoms with E-state index in [1.807, 2.05) is 0 Å². The highest BCUT2D eigenvalue weighted by Gasteiger charge is 2.14. The molecule has 0 aliphatic heterocycles. The quantitative estimate of drug-likeness (QED) is 0.607. The number of hydrogen-bond donors (Lipinski definition) is 1. The summed E-state index contributed by atoms with van der Waals surface area (Å²) < 4.78 is 5.79. The zero-order valence-corrected chi connectivity index (χ0v) is 9.56. The Hall–Kier alpha value is -0.0800. The monoisotopic (exact) mass is 199 g/mol. The van der Waals surface area contributed by atoms with Crippen LogP contribution >= 0.6 is 0 Å². The van der Waals surface area contributed by atoms with Crippen LogP contribution in [0.25, 0.3) is 0 Å². The number of nitrogens with one attached hydrogen (secondary N) is 1. The molecule has 1 aliphatic carbocycles. The minimum absolute atomic E-state index is 0.601. The van der Waals surface area contributed by atoms with E-state index in [1.54, 1.807) is 0 Å². The van der Waals surface area contributed by atoms with Gasteiger partial charge in [0.1, 0.15) is 0 Å². The second kappa shape index (κ2) is 8.25. The fourth-order valence-electron chi connectivity index (χ4n) is 2.01. The molecule has 1 saturated carbocycles. The van der Waals surface area contributed by atoms with E-state index < -0.39 is 0 Å². The van der Waals surface area contributed by atoms with Crippen molar-refractivity contribution in [3.63, 3.8) is 0 Å². The lowest BCUT2D eigenvalue weighted by molar-refractivity contribution is 0.0557.